The van der Waals surface area contributed by atoms with Crippen molar-refractivity contribution in [1.82, 2.24) is 4.90 Å². The van der Waals surface area contributed by atoms with Crippen LogP contribution in [0, 0.1) is 0 Å². The minimum absolute atomic E-state index is 0.0775. The van der Waals surface area contributed by atoms with Gasteiger partial charge in [-0.05, 0) is 19.3 Å². The lowest BCUT2D eigenvalue weighted by Crippen LogP contribution is -2.33. The molecule has 1 fully saturated rings. The molecule has 1 heterocycles. The van der Waals surface area contributed by atoms with Crippen LogP contribution < -0.4 is 0 Å². The molecule has 4 nitrogen and oxygen atoms in total. The van der Waals surface area contributed by atoms with E-state index in [4.69, 9.17) is 0 Å². The molecule has 1 saturated heterocycles. The van der Waals surface area contributed by atoms with Gasteiger partial charge in [0.2, 0.25) is 15.7 Å². The van der Waals surface area contributed by atoms with Gasteiger partial charge in [0.25, 0.3) is 0 Å². The lowest BCUT2D eigenvalue weighted by molar-refractivity contribution is -0.130. The van der Waals surface area contributed by atoms with Crippen LogP contribution in [0.1, 0.15) is 32.1 Å². The number of hydrogen-bond donors (Lipinski definition) is 0. The summed E-state index contributed by atoms with van der Waals surface area (Å²) in [6, 6.07) is 0. The fourth-order valence-corrected chi connectivity index (χ4v) is 2.58. The average molecular weight is 287 g/mol. The highest BCUT2D eigenvalue weighted by atomic mass is 32.2. The van der Waals surface area contributed by atoms with Crippen molar-refractivity contribution in [2.45, 2.75) is 37.6 Å². The Hall–Kier alpha value is -0.790. The lowest BCUT2D eigenvalue weighted by Gasteiger charge is -2.20. The van der Waals surface area contributed by atoms with Crippen molar-refractivity contribution in [3.8, 4) is 0 Å². The van der Waals surface area contributed by atoms with Crippen LogP contribution in [0.3, 0.4) is 0 Å². The Kier molecular flexibility index (Phi) is 5.01. The summed E-state index contributed by atoms with van der Waals surface area (Å²) < 4.78 is 57.8. The quantitative estimate of drug-likeness (QED) is 0.791. The Labute approximate surface area is 104 Å². The molecule has 1 amide bonds. The molecule has 0 unspecified atom stereocenters. The predicted octanol–water partition coefficient (Wildman–Crippen LogP) is 1.71. The van der Waals surface area contributed by atoms with E-state index in [2.05, 4.69) is 0 Å². The van der Waals surface area contributed by atoms with Crippen molar-refractivity contribution >= 4 is 15.7 Å². The van der Waals surface area contributed by atoms with Gasteiger partial charge in [-0.3, -0.25) is 4.79 Å². The molecule has 8 heteroatoms. The maximum absolute atomic E-state index is 12.1. The molecule has 18 heavy (non-hydrogen) atoms. The van der Waals surface area contributed by atoms with E-state index in [1.54, 1.807) is 0 Å². The third kappa shape index (κ3) is 4.15. The van der Waals surface area contributed by atoms with E-state index in [1.165, 1.54) is 4.90 Å². The molecule has 0 N–H and O–H groups in total. The maximum Gasteiger partial charge on any atom is 0.497 e. The third-order valence-electron chi connectivity index (χ3n) is 2.87. The molecule has 0 aromatic heterocycles. The normalized spacial score (nSPS) is 18.8. The molecule has 1 rings (SSSR count). The van der Waals surface area contributed by atoms with Crippen LogP contribution in [-0.4, -0.2) is 43.6 Å². The van der Waals surface area contributed by atoms with Crippen LogP contribution in [0.4, 0.5) is 13.2 Å². The van der Waals surface area contributed by atoms with Crippen molar-refractivity contribution < 1.29 is 26.4 Å². The molecule has 0 aromatic rings. The number of alkyl halides is 3. The molecule has 0 spiro atoms. The van der Waals surface area contributed by atoms with Crippen LogP contribution in [0.2, 0.25) is 0 Å². The first-order valence-electron chi connectivity index (χ1n) is 5.81. The molecule has 1 aliphatic rings. The zero-order valence-corrected chi connectivity index (χ0v) is 10.7. The van der Waals surface area contributed by atoms with Gasteiger partial charge in [-0.25, -0.2) is 8.42 Å². The number of amides is 1. The minimum Gasteiger partial charge on any atom is -0.343 e. The maximum atomic E-state index is 12.1. The van der Waals surface area contributed by atoms with Gasteiger partial charge in [0.15, 0.2) is 0 Å². The third-order valence-corrected chi connectivity index (χ3v) is 4.40. The summed E-state index contributed by atoms with van der Waals surface area (Å²) in [4.78, 5) is 13.0. The zero-order chi connectivity index (χ0) is 13.8. The first kappa shape index (κ1) is 15.3. The summed E-state index contributed by atoms with van der Waals surface area (Å²) >= 11 is 0. The van der Waals surface area contributed by atoms with Crippen LogP contribution in [-0.2, 0) is 14.6 Å². The SMILES string of the molecule is O=C1CCCCCN1CCCS(=O)(=O)C(F)(F)F. The fraction of sp³-hybridized carbons (Fsp3) is 0.900. The summed E-state index contributed by atoms with van der Waals surface area (Å²) in [5, 5.41) is 0. The molecular weight excluding hydrogens is 271 g/mol. The van der Waals surface area contributed by atoms with E-state index < -0.39 is 21.1 Å². The predicted molar refractivity (Wildman–Crippen MR) is 59.5 cm³/mol. The lowest BCUT2D eigenvalue weighted by atomic mass is 10.2. The second kappa shape index (κ2) is 5.90. The summed E-state index contributed by atoms with van der Waals surface area (Å²) in [6.45, 7) is 0.582. The van der Waals surface area contributed by atoms with Crippen molar-refractivity contribution in [2.75, 3.05) is 18.8 Å². The van der Waals surface area contributed by atoms with Gasteiger partial charge < -0.3 is 4.90 Å². The van der Waals surface area contributed by atoms with Gasteiger partial charge in [-0.1, -0.05) is 6.42 Å². The average Bonchev–Trinajstić information content (AvgIpc) is 2.42. The number of hydrogen-bond acceptors (Lipinski definition) is 3. The Balaban J connectivity index is 2.44. The van der Waals surface area contributed by atoms with Crippen molar-refractivity contribution in [3.05, 3.63) is 0 Å². The summed E-state index contributed by atoms with van der Waals surface area (Å²) in [5.41, 5.74) is -5.20. The molecule has 0 saturated carbocycles. The van der Waals surface area contributed by atoms with E-state index in [0.717, 1.165) is 19.3 Å². The number of nitrogens with zero attached hydrogens (tertiary/aromatic N) is 1. The van der Waals surface area contributed by atoms with Crippen LogP contribution in [0.15, 0.2) is 0 Å². The van der Waals surface area contributed by atoms with Crippen LogP contribution in [0.25, 0.3) is 0 Å². The monoisotopic (exact) mass is 287 g/mol. The highest BCUT2D eigenvalue weighted by Gasteiger charge is 2.44. The minimum atomic E-state index is -5.20. The van der Waals surface area contributed by atoms with E-state index in [9.17, 15) is 26.4 Å². The van der Waals surface area contributed by atoms with Crippen molar-refractivity contribution in [3.63, 3.8) is 0 Å². The van der Waals surface area contributed by atoms with E-state index in [-0.39, 0.29) is 18.9 Å². The number of halogens is 3. The molecule has 1 aliphatic heterocycles. The molecular formula is C10H16F3NO3S. The van der Waals surface area contributed by atoms with Crippen LogP contribution in [0.5, 0.6) is 0 Å². The number of likely N-dealkylation sites (tertiary alicyclic amines) is 1. The Bertz CT molecular complexity index is 392. The number of carbonyl (C=O) groups is 1. The molecule has 0 aromatic carbocycles. The van der Waals surface area contributed by atoms with Crippen molar-refractivity contribution in [2.24, 2.45) is 0 Å². The van der Waals surface area contributed by atoms with Crippen LogP contribution >= 0.6 is 0 Å². The molecule has 0 aliphatic carbocycles. The molecule has 0 radical (unpaired) electrons. The van der Waals surface area contributed by atoms with Gasteiger partial charge >= 0.3 is 5.51 Å². The highest BCUT2D eigenvalue weighted by Crippen LogP contribution is 2.24. The number of rotatable bonds is 4. The molecule has 106 valence electrons. The number of carbonyl (C=O) groups excluding carboxylic acids is 1. The van der Waals surface area contributed by atoms with E-state index in [0.29, 0.717) is 13.0 Å². The largest absolute Gasteiger partial charge is 0.497 e. The Morgan fingerprint density at radius 3 is 2.44 bits per heavy atom. The first-order chi connectivity index (χ1) is 8.24. The zero-order valence-electron chi connectivity index (χ0n) is 9.87. The Morgan fingerprint density at radius 1 is 1.17 bits per heavy atom. The summed E-state index contributed by atoms with van der Waals surface area (Å²) in [5.74, 6) is -1.06. The first-order valence-corrected chi connectivity index (χ1v) is 7.46. The van der Waals surface area contributed by atoms with Gasteiger partial charge in [0, 0.05) is 19.5 Å². The number of sulfone groups is 1. The second-order valence-corrected chi connectivity index (χ2v) is 6.41. The van der Waals surface area contributed by atoms with E-state index >= 15 is 0 Å². The van der Waals surface area contributed by atoms with E-state index in [1.807, 2.05) is 0 Å². The Morgan fingerprint density at radius 2 is 1.83 bits per heavy atom. The molecule has 0 atom stereocenters. The molecule has 0 bridgehead atoms. The second-order valence-electron chi connectivity index (χ2n) is 4.31. The van der Waals surface area contributed by atoms with Crippen molar-refractivity contribution in [1.29, 1.82) is 0 Å². The van der Waals surface area contributed by atoms with Gasteiger partial charge in [-0.2, -0.15) is 13.2 Å². The smallest absolute Gasteiger partial charge is 0.343 e. The summed E-state index contributed by atoms with van der Waals surface area (Å²) in [7, 11) is -5.06. The van der Waals surface area contributed by atoms with Gasteiger partial charge in [-0.15, -0.1) is 0 Å². The van der Waals surface area contributed by atoms with Gasteiger partial charge in [0.1, 0.15) is 0 Å². The fourth-order valence-electron chi connectivity index (χ4n) is 1.84. The van der Waals surface area contributed by atoms with Gasteiger partial charge in [0.05, 0.1) is 5.75 Å². The standard InChI is InChI=1S/C10H16F3NO3S/c11-10(12,13)18(16,17)8-4-7-14-6-3-1-2-5-9(14)15/h1-8H2. The highest BCUT2D eigenvalue weighted by molar-refractivity contribution is 7.92. The summed E-state index contributed by atoms with van der Waals surface area (Å²) in [6.07, 6.45) is 2.75. The topological polar surface area (TPSA) is 54.5 Å².